The van der Waals surface area contributed by atoms with Crippen molar-refractivity contribution < 1.29 is 24.0 Å². The number of carbonyl (C=O) groups is 2. The van der Waals surface area contributed by atoms with Gasteiger partial charge in [0.1, 0.15) is 11.5 Å². The van der Waals surface area contributed by atoms with Gasteiger partial charge in [0.15, 0.2) is 0 Å². The first-order valence-electron chi connectivity index (χ1n) is 11.3. The summed E-state index contributed by atoms with van der Waals surface area (Å²) in [4.78, 5) is 38.8. The van der Waals surface area contributed by atoms with E-state index in [9.17, 15) is 19.7 Å². The van der Waals surface area contributed by atoms with Crippen LogP contribution in [0.1, 0.15) is 21.5 Å². The maximum atomic E-state index is 13.2. The first kappa shape index (κ1) is 24.7. The number of hydrogen-bond donors (Lipinski definition) is 2. The Hall–Kier alpha value is -4.44. The first-order valence-corrected chi connectivity index (χ1v) is 11.3. The summed E-state index contributed by atoms with van der Waals surface area (Å²) in [6, 6.07) is 16.7. The fourth-order valence-corrected chi connectivity index (χ4v) is 4.12. The summed E-state index contributed by atoms with van der Waals surface area (Å²) in [7, 11) is 2.95. The third kappa shape index (κ3) is 5.61. The fraction of sp³-hybridized carbons (Fsp3) is 0.231. The van der Waals surface area contributed by atoms with Crippen molar-refractivity contribution in [3.05, 3.63) is 87.5 Å². The molecule has 0 aliphatic carbocycles. The summed E-state index contributed by atoms with van der Waals surface area (Å²) >= 11 is 0. The van der Waals surface area contributed by atoms with Gasteiger partial charge in [-0.15, -0.1) is 0 Å². The largest absolute Gasteiger partial charge is 0.497 e. The van der Waals surface area contributed by atoms with Crippen molar-refractivity contribution in [3.8, 4) is 11.5 Å². The van der Waals surface area contributed by atoms with Crippen LogP contribution in [-0.2, 0) is 17.8 Å². The van der Waals surface area contributed by atoms with Crippen LogP contribution in [0.3, 0.4) is 0 Å². The number of anilines is 2. The van der Waals surface area contributed by atoms with Crippen molar-refractivity contribution in [2.45, 2.75) is 13.0 Å². The van der Waals surface area contributed by atoms with Gasteiger partial charge in [0.2, 0.25) is 5.91 Å². The van der Waals surface area contributed by atoms with Crippen molar-refractivity contribution in [3.63, 3.8) is 0 Å². The summed E-state index contributed by atoms with van der Waals surface area (Å²) < 4.78 is 10.5. The minimum Gasteiger partial charge on any atom is -0.497 e. The Labute approximate surface area is 208 Å². The van der Waals surface area contributed by atoms with Gasteiger partial charge >= 0.3 is 0 Å². The smallest absolute Gasteiger partial charge is 0.270 e. The van der Waals surface area contributed by atoms with Gasteiger partial charge in [-0.1, -0.05) is 24.3 Å². The number of methoxy groups -OCH3 is 2. The molecule has 0 saturated heterocycles. The molecular weight excluding hydrogens is 464 g/mol. The van der Waals surface area contributed by atoms with E-state index in [1.54, 1.807) is 18.2 Å². The molecule has 1 heterocycles. The number of hydrogen-bond acceptors (Lipinski definition) is 7. The highest BCUT2D eigenvalue weighted by Crippen LogP contribution is 2.31. The number of amides is 2. The summed E-state index contributed by atoms with van der Waals surface area (Å²) in [6.07, 6.45) is 0.846. The van der Waals surface area contributed by atoms with Crippen LogP contribution in [0.25, 0.3) is 0 Å². The quantitative estimate of drug-likeness (QED) is 0.363. The molecule has 3 aromatic carbocycles. The molecule has 0 aromatic heterocycles. The summed E-state index contributed by atoms with van der Waals surface area (Å²) in [5.41, 5.74) is 2.66. The third-order valence-corrected chi connectivity index (χ3v) is 5.97. The monoisotopic (exact) mass is 490 g/mol. The molecule has 36 heavy (non-hydrogen) atoms. The summed E-state index contributed by atoms with van der Waals surface area (Å²) in [5.74, 6) is -0.0683. The number of nitro groups is 1. The third-order valence-electron chi connectivity index (χ3n) is 5.97. The Bertz CT molecular complexity index is 1310. The van der Waals surface area contributed by atoms with E-state index in [1.807, 2.05) is 23.1 Å². The van der Waals surface area contributed by atoms with Crippen LogP contribution in [0.2, 0.25) is 0 Å². The minimum absolute atomic E-state index is 0.0422. The van der Waals surface area contributed by atoms with Crippen molar-refractivity contribution in [1.82, 2.24) is 4.90 Å². The lowest BCUT2D eigenvalue weighted by molar-refractivity contribution is -0.384. The zero-order chi connectivity index (χ0) is 25.7. The highest BCUT2D eigenvalue weighted by Gasteiger charge is 2.22. The highest BCUT2D eigenvalue weighted by atomic mass is 16.6. The Morgan fingerprint density at radius 3 is 2.44 bits per heavy atom. The molecule has 10 nitrogen and oxygen atoms in total. The molecule has 2 amide bonds. The maximum absolute atomic E-state index is 13.2. The van der Waals surface area contributed by atoms with E-state index < -0.39 is 10.8 Å². The van der Waals surface area contributed by atoms with Gasteiger partial charge < -0.3 is 20.1 Å². The molecule has 3 aromatic rings. The maximum Gasteiger partial charge on any atom is 0.270 e. The van der Waals surface area contributed by atoms with Crippen LogP contribution >= 0.6 is 0 Å². The molecule has 0 bridgehead atoms. The van der Waals surface area contributed by atoms with Crippen LogP contribution in [-0.4, -0.2) is 48.9 Å². The fourth-order valence-electron chi connectivity index (χ4n) is 4.12. The average molecular weight is 491 g/mol. The van der Waals surface area contributed by atoms with Crippen LogP contribution in [0.4, 0.5) is 17.1 Å². The number of fused-ring (bicyclic) bond motifs is 1. The van der Waals surface area contributed by atoms with Gasteiger partial charge in [0.25, 0.3) is 11.6 Å². The van der Waals surface area contributed by atoms with Gasteiger partial charge in [0.05, 0.1) is 42.6 Å². The number of nitrogens with zero attached hydrogens (tertiary/aromatic N) is 2. The van der Waals surface area contributed by atoms with Gasteiger partial charge in [-0.25, -0.2) is 0 Å². The van der Waals surface area contributed by atoms with E-state index in [0.717, 1.165) is 19.0 Å². The molecule has 0 atom stereocenters. The summed E-state index contributed by atoms with van der Waals surface area (Å²) in [6.45, 7) is 1.50. The lowest BCUT2D eigenvalue weighted by Crippen LogP contribution is -2.37. The predicted molar refractivity (Wildman–Crippen MR) is 135 cm³/mol. The van der Waals surface area contributed by atoms with Crippen LogP contribution in [0, 0.1) is 10.1 Å². The predicted octanol–water partition coefficient (Wildman–Crippen LogP) is 3.86. The second-order valence-corrected chi connectivity index (χ2v) is 8.28. The second kappa shape index (κ2) is 10.9. The Balaban J connectivity index is 1.52. The lowest BCUT2D eigenvalue weighted by atomic mass is 10.00. The molecule has 0 saturated carbocycles. The van der Waals surface area contributed by atoms with Gasteiger partial charge in [-0.3, -0.25) is 24.6 Å². The Kier molecular flexibility index (Phi) is 7.45. The van der Waals surface area contributed by atoms with Crippen molar-refractivity contribution in [1.29, 1.82) is 0 Å². The average Bonchev–Trinajstić information content (AvgIpc) is 2.88. The van der Waals surface area contributed by atoms with Crippen LogP contribution in [0.5, 0.6) is 11.5 Å². The van der Waals surface area contributed by atoms with E-state index in [2.05, 4.69) is 16.7 Å². The van der Waals surface area contributed by atoms with Gasteiger partial charge in [-0.05, 0) is 35.7 Å². The minimum atomic E-state index is -0.635. The second-order valence-electron chi connectivity index (χ2n) is 8.28. The molecule has 0 spiro atoms. The number of ether oxygens (including phenoxy) is 2. The van der Waals surface area contributed by atoms with Crippen molar-refractivity contribution in [2.75, 3.05) is 37.9 Å². The Morgan fingerprint density at radius 1 is 0.972 bits per heavy atom. The highest BCUT2D eigenvalue weighted by molar-refractivity contribution is 6.11. The van der Waals surface area contributed by atoms with Gasteiger partial charge in [-0.2, -0.15) is 0 Å². The van der Waals surface area contributed by atoms with E-state index in [0.29, 0.717) is 23.7 Å². The van der Waals surface area contributed by atoms with Crippen molar-refractivity contribution >= 4 is 28.9 Å². The first-order chi connectivity index (χ1) is 17.4. The number of benzene rings is 3. The van der Waals surface area contributed by atoms with Crippen LogP contribution < -0.4 is 20.1 Å². The zero-order valence-corrected chi connectivity index (χ0v) is 19.9. The summed E-state index contributed by atoms with van der Waals surface area (Å²) in [5, 5.41) is 16.8. The van der Waals surface area contributed by atoms with E-state index in [4.69, 9.17) is 9.47 Å². The molecule has 1 aliphatic rings. The molecule has 10 heteroatoms. The normalized spacial score (nSPS) is 12.8. The van der Waals surface area contributed by atoms with Crippen LogP contribution in [0.15, 0.2) is 60.7 Å². The zero-order valence-electron chi connectivity index (χ0n) is 19.9. The molecular formula is C26H26N4O6. The lowest BCUT2D eigenvalue weighted by Gasteiger charge is -2.28. The van der Waals surface area contributed by atoms with Gasteiger partial charge in [0, 0.05) is 31.3 Å². The SMILES string of the molecule is COc1ccc(NC(=O)c2cc([N+](=O)[O-])ccc2NC(=O)CN2CCc3ccccc3C2)c(OC)c1. The number of nitro benzene ring substituents is 1. The molecule has 0 radical (unpaired) electrons. The molecule has 0 unspecified atom stereocenters. The molecule has 0 fully saturated rings. The number of carbonyl (C=O) groups excluding carboxylic acids is 2. The topological polar surface area (TPSA) is 123 Å². The Morgan fingerprint density at radius 2 is 1.72 bits per heavy atom. The molecule has 4 rings (SSSR count). The number of rotatable bonds is 8. The number of non-ortho nitro benzene ring substituents is 1. The molecule has 1 aliphatic heterocycles. The van der Waals surface area contributed by atoms with E-state index in [-0.39, 0.29) is 29.4 Å². The van der Waals surface area contributed by atoms with E-state index >= 15 is 0 Å². The number of nitrogens with one attached hydrogen (secondary N) is 2. The molecule has 2 N–H and O–H groups in total. The van der Waals surface area contributed by atoms with Crippen molar-refractivity contribution in [2.24, 2.45) is 0 Å². The standard InChI is InChI=1S/C26H26N4O6/c1-35-20-8-10-23(24(14-20)36-2)28-26(32)21-13-19(30(33)34)7-9-22(21)27-25(31)16-29-12-11-17-5-3-4-6-18(17)15-29/h3-10,13-14H,11-12,15-16H2,1-2H3,(H,27,31)(H,28,32). The van der Waals surface area contributed by atoms with E-state index in [1.165, 1.54) is 37.5 Å². The molecule has 186 valence electrons.